The number of carbonyl (C=O) groups is 1. The number of hydrogen-bond donors (Lipinski definition) is 2. The van der Waals surface area contributed by atoms with Gasteiger partial charge in [-0.2, -0.15) is 0 Å². The summed E-state index contributed by atoms with van der Waals surface area (Å²) in [6.07, 6.45) is 0.804. The normalized spacial score (nSPS) is 13.5. The Morgan fingerprint density at radius 3 is 2.52 bits per heavy atom. The van der Waals surface area contributed by atoms with Crippen molar-refractivity contribution in [3.8, 4) is 0 Å². The first-order chi connectivity index (χ1) is 10.00. The van der Waals surface area contributed by atoms with Crippen LogP contribution in [0, 0.1) is 6.92 Å². The van der Waals surface area contributed by atoms with E-state index < -0.39 is 5.54 Å². The van der Waals surface area contributed by atoms with E-state index >= 15 is 0 Å². The number of nitrogens with two attached hydrogens (primary N) is 1. The molecule has 0 fully saturated rings. The first-order valence-electron chi connectivity index (χ1n) is 7.18. The molecule has 2 aromatic carbocycles. The van der Waals surface area contributed by atoms with E-state index in [4.69, 9.17) is 5.73 Å². The van der Waals surface area contributed by atoms with Crippen LogP contribution in [-0.2, 0) is 16.8 Å². The molecule has 2 rings (SSSR count). The van der Waals surface area contributed by atoms with Gasteiger partial charge in [0.25, 0.3) is 0 Å². The van der Waals surface area contributed by atoms with Gasteiger partial charge in [0.15, 0.2) is 0 Å². The van der Waals surface area contributed by atoms with Gasteiger partial charge in [-0.3, -0.25) is 4.79 Å². The molecule has 0 saturated heterocycles. The lowest BCUT2D eigenvalue weighted by Crippen LogP contribution is -2.49. The zero-order valence-electron chi connectivity index (χ0n) is 12.6. The SMILES string of the molecule is Cc1cccc(CCNC(=O)C(C)(N)c2ccccc2)c1. The van der Waals surface area contributed by atoms with Gasteiger partial charge in [0.2, 0.25) is 5.91 Å². The molecule has 0 saturated carbocycles. The third-order valence-corrected chi connectivity index (χ3v) is 3.63. The number of rotatable bonds is 5. The first-order valence-corrected chi connectivity index (χ1v) is 7.18. The van der Waals surface area contributed by atoms with Gasteiger partial charge in [0.05, 0.1) is 0 Å². The van der Waals surface area contributed by atoms with Crippen molar-refractivity contribution in [2.75, 3.05) is 6.54 Å². The van der Waals surface area contributed by atoms with E-state index in [1.165, 1.54) is 11.1 Å². The summed E-state index contributed by atoms with van der Waals surface area (Å²) in [6, 6.07) is 17.7. The van der Waals surface area contributed by atoms with Gasteiger partial charge in [-0.15, -0.1) is 0 Å². The second-order valence-corrected chi connectivity index (χ2v) is 5.56. The predicted molar refractivity (Wildman–Crippen MR) is 85.9 cm³/mol. The molecule has 0 aromatic heterocycles. The number of benzene rings is 2. The highest BCUT2D eigenvalue weighted by atomic mass is 16.2. The van der Waals surface area contributed by atoms with E-state index in [1.54, 1.807) is 6.92 Å². The van der Waals surface area contributed by atoms with Gasteiger partial charge < -0.3 is 11.1 Å². The van der Waals surface area contributed by atoms with Crippen LogP contribution in [0.3, 0.4) is 0 Å². The highest BCUT2D eigenvalue weighted by Crippen LogP contribution is 2.17. The Kier molecular flexibility index (Phi) is 4.76. The predicted octanol–water partition coefficient (Wildman–Crippen LogP) is 2.53. The maximum Gasteiger partial charge on any atom is 0.244 e. The molecule has 3 N–H and O–H groups in total. The molecule has 1 atom stereocenters. The quantitative estimate of drug-likeness (QED) is 0.885. The summed E-state index contributed by atoms with van der Waals surface area (Å²) in [6.45, 7) is 4.39. The third kappa shape index (κ3) is 3.92. The molecule has 2 aromatic rings. The topological polar surface area (TPSA) is 55.1 Å². The fourth-order valence-electron chi connectivity index (χ4n) is 2.29. The number of amides is 1. The molecule has 0 aliphatic rings. The maximum atomic E-state index is 12.3. The molecule has 3 heteroatoms. The van der Waals surface area contributed by atoms with Crippen LogP contribution in [0.2, 0.25) is 0 Å². The average Bonchev–Trinajstić information content (AvgIpc) is 2.48. The minimum absolute atomic E-state index is 0.152. The maximum absolute atomic E-state index is 12.3. The van der Waals surface area contributed by atoms with Gasteiger partial charge in [-0.25, -0.2) is 0 Å². The Hall–Kier alpha value is -2.13. The molecule has 1 unspecified atom stereocenters. The molecule has 0 aliphatic heterocycles. The van der Waals surface area contributed by atoms with Crippen LogP contribution in [-0.4, -0.2) is 12.5 Å². The van der Waals surface area contributed by atoms with Crippen molar-refractivity contribution in [3.05, 3.63) is 71.3 Å². The van der Waals surface area contributed by atoms with Crippen molar-refractivity contribution in [1.82, 2.24) is 5.32 Å². The van der Waals surface area contributed by atoms with Crippen LogP contribution in [0.15, 0.2) is 54.6 Å². The first kappa shape index (κ1) is 15.3. The second-order valence-electron chi connectivity index (χ2n) is 5.56. The van der Waals surface area contributed by atoms with E-state index in [0.717, 1.165) is 12.0 Å². The Balaban J connectivity index is 1.93. The fourth-order valence-corrected chi connectivity index (χ4v) is 2.29. The molecule has 110 valence electrons. The highest BCUT2D eigenvalue weighted by molar-refractivity contribution is 5.86. The second kappa shape index (κ2) is 6.55. The van der Waals surface area contributed by atoms with Gasteiger partial charge in [0.1, 0.15) is 5.54 Å². The molecular formula is C18H22N2O. The molecule has 21 heavy (non-hydrogen) atoms. The van der Waals surface area contributed by atoms with E-state index in [2.05, 4.69) is 30.4 Å². The summed E-state index contributed by atoms with van der Waals surface area (Å²) < 4.78 is 0. The molecule has 0 bridgehead atoms. The van der Waals surface area contributed by atoms with Crippen LogP contribution in [0.4, 0.5) is 0 Å². The van der Waals surface area contributed by atoms with Crippen molar-refractivity contribution < 1.29 is 4.79 Å². The molecule has 1 amide bonds. The summed E-state index contributed by atoms with van der Waals surface area (Å²) in [5, 5.41) is 2.93. The Morgan fingerprint density at radius 1 is 1.14 bits per heavy atom. The van der Waals surface area contributed by atoms with Gasteiger partial charge in [0, 0.05) is 6.54 Å². The van der Waals surface area contributed by atoms with Gasteiger partial charge in [-0.05, 0) is 31.4 Å². The zero-order valence-corrected chi connectivity index (χ0v) is 12.6. The lowest BCUT2D eigenvalue weighted by molar-refractivity contribution is -0.126. The molecule has 3 nitrogen and oxygen atoms in total. The zero-order chi connectivity index (χ0) is 15.3. The average molecular weight is 282 g/mol. The molecule has 0 spiro atoms. The fraction of sp³-hybridized carbons (Fsp3) is 0.278. The minimum atomic E-state index is -1.01. The van der Waals surface area contributed by atoms with Crippen molar-refractivity contribution in [2.45, 2.75) is 25.8 Å². The van der Waals surface area contributed by atoms with Crippen LogP contribution >= 0.6 is 0 Å². The third-order valence-electron chi connectivity index (χ3n) is 3.63. The van der Waals surface area contributed by atoms with Crippen molar-refractivity contribution in [2.24, 2.45) is 5.73 Å². The molecule has 0 heterocycles. The van der Waals surface area contributed by atoms with E-state index in [-0.39, 0.29) is 5.91 Å². The van der Waals surface area contributed by atoms with Gasteiger partial charge in [-0.1, -0.05) is 60.2 Å². The Morgan fingerprint density at radius 2 is 1.86 bits per heavy atom. The molecule has 0 radical (unpaired) electrons. The summed E-state index contributed by atoms with van der Waals surface area (Å²) in [4.78, 5) is 12.3. The number of aryl methyl sites for hydroxylation is 1. The summed E-state index contributed by atoms with van der Waals surface area (Å²) >= 11 is 0. The van der Waals surface area contributed by atoms with E-state index in [9.17, 15) is 4.79 Å². The lowest BCUT2D eigenvalue weighted by Gasteiger charge is -2.24. The summed E-state index contributed by atoms with van der Waals surface area (Å²) in [7, 11) is 0. The Labute approximate surface area is 126 Å². The van der Waals surface area contributed by atoms with E-state index in [1.807, 2.05) is 36.4 Å². The van der Waals surface area contributed by atoms with Crippen LogP contribution in [0.1, 0.15) is 23.6 Å². The molecule has 0 aliphatic carbocycles. The smallest absolute Gasteiger partial charge is 0.244 e. The number of hydrogen-bond acceptors (Lipinski definition) is 2. The van der Waals surface area contributed by atoms with Crippen molar-refractivity contribution >= 4 is 5.91 Å². The standard InChI is InChI=1S/C18H22N2O/c1-14-7-6-8-15(13-14)11-12-20-17(21)18(2,19)16-9-4-3-5-10-16/h3-10,13H,11-12,19H2,1-2H3,(H,20,21). The molecular weight excluding hydrogens is 260 g/mol. The minimum Gasteiger partial charge on any atom is -0.354 e. The number of carbonyl (C=O) groups excluding carboxylic acids is 1. The largest absolute Gasteiger partial charge is 0.354 e. The van der Waals surface area contributed by atoms with Crippen LogP contribution in [0.5, 0.6) is 0 Å². The van der Waals surface area contributed by atoms with Crippen LogP contribution in [0.25, 0.3) is 0 Å². The summed E-state index contributed by atoms with van der Waals surface area (Å²) in [5.41, 5.74) is 8.43. The van der Waals surface area contributed by atoms with Crippen LogP contribution < -0.4 is 11.1 Å². The lowest BCUT2D eigenvalue weighted by atomic mass is 9.92. The Bertz CT molecular complexity index is 606. The van der Waals surface area contributed by atoms with Gasteiger partial charge >= 0.3 is 0 Å². The summed E-state index contributed by atoms with van der Waals surface area (Å²) in [5.74, 6) is -0.152. The highest BCUT2D eigenvalue weighted by Gasteiger charge is 2.29. The number of nitrogens with one attached hydrogen (secondary N) is 1. The van der Waals surface area contributed by atoms with Crippen molar-refractivity contribution in [3.63, 3.8) is 0 Å². The van der Waals surface area contributed by atoms with Crippen molar-refractivity contribution in [1.29, 1.82) is 0 Å². The monoisotopic (exact) mass is 282 g/mol. The van der Waals surface area contributed by atoms with E-state index in [0.29, 0.717) is 6.54 Å².